The number of methoxy groups -OCH3 is 1. The molecule has 2 heterocycles. The van der Waals surface area contributed by atoms with Gasteiger partial charge in [-0.2, -0.15) is 4.37 Å². The van der Waals surface area contributed by atoms with E-state index in [0.29, 0.717) is 17.9 Å². The van der Waals surface area contributed by atoms with Crippen molar-refractivity contribution in [3.8, 4) is 5.75 Å². The van der Waals surface area contributed by atoms with E-state index in [0.717, 1.165) is 30.5 Å². The third-order valence-corrected chi connectivity index (χ3v) is 5.95. The molecule has 6 nitrogen and oxygen atoms in total. The number of carbonyl (C=O) groups excluding carboxylic acids is 1. The molecule has 0 bridgehead atoms. The second-order valence-corrected chi connectivity index (χ2v) is 7.91. The molecule has 1 fully saturated rings. The number of aromatic nitrogens is 2. The molecule has 1 atom stereocenters. The molecule has 4 rings (SSSR count). The summed E-state index contributed by atoms with van der Waals surface area (Å²) in [4.78, 5) is 21.8. The van der Waals surface area contributed by atoms with Crippen molar-refractivity contribution >= 4 is 22.6 Å². The summed E-state index contributed by atoms with van der Waals surface area (Å²) in [5, 5.41) is 0.927. The van der Waals surface area contributed by atoms with Crippen LogP contribution in [0, 0.1) is 0 Å². The van der Waals surface area contributed by atoms with E-state index in [4.69, 9.17) is 9.72 Å². The van der Waals surface area contributed by atoms with Crippen LogP contribution in [0.15, 0.2) is 54.6 Å². The van der Waals surface area contributed by atoms with Crippen LogP contribution in [0.5, 0.6) is 5.75 Å². The summed E-state index contributed by atoms with van der Waals surface area (Å²) in [6.45, 7) is 4.23. The summed E-state index contributed by atoms with van der Waals surface area (Å²) in [5.41, 5.74) is 1.87. The number of hydrogen-bond donors (Lipinski definition) is 0. The Morgan fingerprint density at radius 2 is 2.00 bits per heavy atom. The van der Waals surface area contributed by atoms with Crippen LogP contribution in [0.3, 0.4) is 0 Å². The second kappa shape index (κ2) is 8.61. The van der Waals surface area contributed by atoms with E-state index in [1.54, 1.807) is 13.2 Å². The van der Waals surface area contributed by atoms with Crippen LogP contribution in [0.2, 0.25) is 0 Å². The first kappa shape index (κ1) is 19.4. The Bertz CT molecular complexity index is 976. The minimum Gasteiger partial charge on any atom is -0.497 e. The van der Waals surface area contributed by atoms with Crippen molar-refractivity contribution in [3.05, 3.63) is 71.5 Å². The molecule has 0 radical (unpaired) electrons. The van der Waals surface area contributed by atoms with Crippen molar-refractivity contribution in [2.24, 2.45) is 0 Å². The molecule has 0 spiro atoms. The summed E-state index contributed by atoms with van der Waals surface area (Å²) in [6, 6.07) is 17.7. The molecule has 2 aromatic carbocycles. The average Bonchev–Trinajstić information content (AvgIpc) is 3.22. The first-order valence-corrected chi connectivity index (χ1v) is 10.5. The van der Waals surface area contributed by atoms with Crippen molar-refractivity contribution in [2.75, 3.05) is 31.6 Å². The molecule has 1 saturated heterocycles. The van der Waals surface area contributed by atoms with Crippen molar-refractivity contribution in [3.63, 3.8) is 0 Å². The van der Waals surface area contributed by atoms with Crippen molar-refractivity contribution in [1.82, 2.24) is 14.3 Å². The zero-order chi connectivity index (χ0) is 20.2. The van der Waals surface area contributed by atoms with Gasteiger partial charge in [-0.05, 0) is 30.7 Å². The van der Waals surface area contributed by atoms with Crippen LogP contribution >= 0.6 is 11.5 Å². The number of rotatable bonds is 5. The van der Waals surface area contributed by atoms with E-state index in [1.165, 1.54) is 17.1 Å². The summed E-state index contributed by atoms with van der Waals surface area (Å²) < 4.78 is 9.77. The molecule has 1 amide bonds. The molecule has 7 heteroatoms. The van der Waals surface area contributed by atoms with Gasteiger partial charge in [-0.3, -0.25) is 4.79 Å². The lowest BCUT2D eigenvalue weighted by Gasteiger charge is -2.39. The van der Waals surface area contributed by atoms with E-state index in [1.807, 2.05) is 41.3 Å². The predicted octanol–water partition coefficient (Wildman–Crippen LogP) is 3.49. The quantitative estimate of drug-likeness (QED) is 0.647. The summed E-state index contributed by atoms with van der Waals surface area (Å²) >= 11 is 1.43. The Labute approximate surface area is 174 Å². The van der Waals surface area contributed by atoms with Gasteiger partial charge in [0.05, 0.1) is 7.11 Å². The fraction of sp³-hybridized carbons (Fsp3) is 0.318. The number of nitrogens with zero attached hydrogens (tertiary/aromatic N) is 4. The molecule has 3 aromatic rings. The van der Waals surface area contributed by atoms with E-state index in [9.17, 15) is 4.79 Å². The lowest BCUT2D eigenvalue weighted by Crippen LogP contribution is -2.54. The van der Waals surface area contributed by atoms with Gasteiger partial charge >= 0.3 is 0 Å². The van der Waals surface area contributed by atoms with Gasteiger partial charge in [-0.25, -0.2) is 4.98 Å². The number of piperazine rings is 1. The molecule has 1 aliphatic rings. The normalized spacial score (nSPS) is 16.7. The van der Waals surface area contributed by atoms with Gasteiger partial charge in [-0.15, -0.1) is 0 Å². The average molecular weight is 409 g/mol. The number of anilines is 1. The van der Waals surface area contributed by atoms with Crippen molar-refractivity contribution < 1.29 is 9.53 Å². The van der Waals surface area contributed by atoms with Gasteiger partial charge in [-0.1, -0.05) is 36.4 Å². The van der Waals surface area contributed by atoms with Crippen molar-refractivity contribution in [1.29, 1.82) is 0 Å². The highest BCUT2D eigenvalue weighted by Crippen LogP contribution is 2.24. The third kappa shape index (κ3) is 4.40. The first-order valence-electron chi connectivity index (χ1n) is 9.70. The van der Waals surface area contributed by atoms with E-state index < -0.39 is 0 Å². The molecule has 0 saturated carbocycles. The van der Waals surface area contributed by atoms with Crippen LogP contribution in [0.4, 0.5) is 5.13 Å². The SMILES string of the molecule is COc1cccc(C(=O)N2CCN(c3nc(Cc4ccccc4)ns3)CC2C)c1. The van der Waals surface area contributed by atoms with Gasteiger partial charge in [0.2, 0.25) is 5.13 Å². The number of hydrogen-bond acceptors (Lipinski definition) is 6. The Kier molecular flexibility index (Phi) is 5.76. The Morgan fingerprint density at radius 3 is 2.76 bits per heavy atom. The van der Waals surface area contributed by atoms with Crippen LogP contribution in [0.1, 0.15) is 28.7 Å². The molecular weight excluding hydrogens is 384 g/mol. The maximum absolute atomic E-state index is 13.0. The monoisotopic (exact) mass is 408 g/mol. The third-order valence-electron chi connectivity index (χ3n) is 5.14. The van der Waals surface area contributed by atoms with Crippen LogP contribution in [0.25, 0.3) is 0 Å². The van der Waals surface area contributed by atoms with Crippen LogP contribution < -0.4 is 9.64 Å². The lowest BCUT2D eigenvalue weighted by molar-refractivity contribution is 0.0673. The van der Waals surface area contributed by atoms with Gasteiger partial charge < -0.3 is 14.5 Å². The van der Waals surface area contributed by atoms with Crippen molar-refractivity contribution in [2.45, 2.75) is 19.4 Å². The van der Waals surface area contributed by atoms with Gasteiger partial charge in [0, 0.05) is 49.2 Å². The standard InChI is InChI=1S/C22H24N4O2S/c1-16-15-25(22-23-20(24-29-22)13-17-7-4-3-5-8-17)11-12-26(16)21(27)18-9-6-10-19(14-18)28-2/h3-10,14,16H,11-13,15H2,1-2H3. The Morgan fingerprint density at radius 1 is 1.17 bits per heavy atom. The van der Waals surface area contributed by atoms with Crippen LogP contribution in [-0.4, -0.2) is 53.0 Å². The highest BCUT2D eigenvalue weighted by molar-refractivity contribution is 7.09. The largest absolute Gasteiger partial charge is 0.497 e. The van der Waals surface area contributed by atoms with Gasteiger partial charge in [0.25, 0.3) is 5.91 Å². The Balaban J connectivity index is 1.40. The van der Waals surface area contributed by atoms with Gasteiger partial charge in [0.15, 0.2) is 0 Å². The smallest absolute Gasteiger partial charge is 0.254 e. The van der Waals surface area contributed by atoms with E-state index >= 15 is 0 Å². The second-order valence-electron chi connectivity index (χ2n) is 7.18. The maximum atomic E-state index is 13.0. The Hall–Kier alpha value is -2.93. The molecule has 1 unspecified atom stereocenters. The number of benzene rings is 2. The number of amides is 1. The molecule has 0 N–H and O–H groups in total. The highest BCUT2D eigenvalue weighted by atomic mass is 32.1. The molecule has 1 aliphatic heterocycles. The zero-order valence-corrected chi connectivity index (χ0v) is 17.4. The summed E-state index contributed by atoms with van der Waals surface area (Å²) in [6.07, 6.45) is 0.737. The predicted molar refractivity (Wildman–Crippen MR) is 115 cm³/mol. The molecule has 29 heavy (non-hydrogen) atoms. The fourth-order valence-corrected chi connectivity index (χ4v) is 4.30. The minimum absolute atomic E-state index is 0.0399. The first-order chi connectivity index (χ1) is 14.1. The number of ether oxygens (including phenoxy) is 1. The molecule has 150 valence electrons. The zero-order valence-electron chi connectivity index (χ0n) is 16.6. The summed E-state index contributed by atoms with van der Waals surface area (Å²) in [5.74, 6) is 1.58. The van der Waals surface area contributed by atoms with Crippen LogP contribution in [-0.2, 0) is 6.42 Å². The van der Waals surface area contributed by atoms with E-state index in [2.05, 4.69) is 28.3 Å². The topological polar surface area (TPSA) is 58.6 Å². The lowest BCUT2D eigenvalue weighted by atomic mass is 10.1. The highest BCUT2D eigenvalue weighted by Gasteiger charge is 2.29. The fourth-order valence-electron chi connectivity index (χ4n) is 3.58. The van der Waals surface area contributed by atoms with E-state index in [-0.39, 0.29) is 11.9 Å². The maximum Gasteiger partial charge on any atom is 0.254 e. The minimum atomic E-state index is 0.0399. The molecular formula is C22H24N4O2S. The number of carbonyl (C=O) groups is 1. The summed E-state index contributed by atoms with van der Waals surface area (Å²) in [7, 11) is 1.61. The molecule has 1 aromatic heterocycles. The van der Waals surface area contributed by atoms with Gasteiger partial charge in [0.1, 0.15) is 11.6 Å². The molecule has 0 aliphatic carbocycles.